The number of nitrogens with zero attached hydrogens (tertiary/aromatic N) is 2. The van der Waals surface area contributed by atoms with Crippen LogP contribution in [0.15, 0.2) is 30.3 Å². The molecule has 0 saturated heterocycles. The summed E-state index contributed by atoms with van der Waals surface area (Å²) in [5.74, 6) is 1.20. The molecule has 1 heterocycles. The molecule has 0 aliphatic carbocycles. The number of ether oxygens (including phenoxy) is 2. The van der Waals surface area contributed by atoms with Gasteiger partial charge in [-0.1, -0.05) is 12.1 Å². The van der Waals surface area contributed by atoms with Gasteiger partial charge in [0.05, 0.1) is 7.11 Å². The third-order valence-corrected chi connectivity index (χ3v) is 2.53. The lowest BCUT2D eigenvalue weighted by molar-refractivity contribution is 0.375. The Balaban J connectivity index is 2.14. The Labute approximate surface area is 112 Å². The highest BCUT2D eigenvalue weighted by molar-refractivity contribution is 5.30. The summed E-state index contributed by atoms with van der Waals surface area (Å²) in [5.41, 5.74) is 1.99. The van der Waals surface area contributed by atoms with Crippen LogP contribution in [-0.4, -0.2) is 24.1 Å². The SMILES string of the molecule is CNCc1ccc(Oc2nc(C)cc(OC)n2)cc1. The zero-order valence-corrected chi connectivity index (χ0v) is 11.3. The van der Waals surface area contributed by atoms with Gasteiger partial charge in [-0.25, -0.2) is 0 Å². The fourth-order valence-corrected chi connectivity index (χ4v) is 1.65. The summed E-state index contributed by atoms with van der Waals surface area (Å²) in [6.07, 6.45) is 0. The van der Waals surface area contributed by atoms with Crippen molar-refractivity contribution in [2.75, 3.05) is 14.2 Å². The fraction of sp³-hybridized carbons (Fsp3) is 0.286. The molecule has 2 rings (SSSR count). The number of aryl methyl sites for hydroxylation is 1. The zero-order valence-electron chi connectivity index (χ0n) is 11.3. The normalized spacial score (nSPS) is 10.3. The number of methoxy groups -OCH3 is 1. The van der Waals surface area contributed by atoms with Crippen LogP contribution in [0, 0.1) is 6.92 Å². The van der Waals surface area contributed by atoms with Crippen molar-refractivity contribution in [1.82, 2.24) is 15.3 Å². The van der Waals surface area contributed by atoms with Crippen LogP contribution in [0.1, 0.15) is 11.3 Å². The minimum atomic E-state index is 0.290. The van der Waals surface area contributed by atoms with Crippen molar-refractivity contribution in [2.24, 2.45) is 0 Å². The number of rotatable bonds is 5. The van der Waals surface area contributed by atoms with E-state index in [9.17, 15) is 0 Å². The predicted octanol–water partition coefficient (Wildman–Crippen LogP) is 2.31. The molecule has 19 heavy (non-hydrogen) atoms. The molecule has 0 aliphatic heterocycles. The van der Waals surface area contributed by atoms with Crippen LogP contribution in [0.3, 0.4) is 0 Å². The molecule has 100 valence electrons. The van der Waals surface area contributed by atoms with Crippen LogP contribution in [0.25, 0.3) is 0 Å². The van der Waals surface area contributed by atoms with Gasteiger partial charge in [-0.05, 0) is 31.7 Å². The second kappa shape index (κ2) is 6.15. The van der Waals surface area contributed by atoms with Crippen molar-refractivity contribution in [3.05, 3.63) is 41.6 Å². The largest absolute Gasteiger partial charge is 0.481 e. The molecule has 0 unspecified atom stereocenters. The van der Waals surface area contributed by atoms with Crippen LogP contribution >= 0.6 is 0 Å². The molecular weight excluding hydrogens is 242 g/mol. The van der Waals surface area contributed by atoms with Gasteiger partial charge in [0, 0.05) is 18.3 Å². The molecule has 1 aromatic carbocycles. The fourth-order valence-electron chi connectivity index (χ4n) is 1.65. The van der Waals surface area contributed by atoms with Gasteiger partial charge >= 0.3 is 6.01 Å². The van der Waals surface area contributed by atoms with Crippen molar-refractivity contribution in [2.45, 2.75) is 13.5 Å². The number of hydrogen-bond acceptors (Lipinski definition) is 5. The molecule has 1 N–H and O–H groups in total. The van der Waals surface area contributed by atoms with Crippen LogP contribution < -0.4 is 14.8 Å². The molecule has 5 heteroatoms. The molecule has 5 nitrogen and oxygen atoms in total. The molecular formula is C14H17N3O2. The average molecular weight is 259 g/mol. The van der Waals surface area contributed by atoms with E-state index in [4.69, 9.17) is 9.47 Å². The van der Waals surface area contributed by atoms with Crippen molar-refractivity contribution in [1.29, 1.82) is 0 Å². The Morgan fingerprint density at radius 3 is 2.53 bits per heavy atom. The van der Waals surface area contributed by atoms with E-state index in [0.717, 1.165) is 12.2 Å². The maximum Gasteiger partial charge on any atom is 0.325 e. The van der Waals surface area contributed by atoms with E-state index in [1.165, 1.54) is 5.56 Å². The van der Waals surface area contributed by atoms with Gasteiger partial charge in [0.1, 0.15) is 5.75 Å². The van der Waals surface area contributed by atoms with E-state index in [2.05, 4.69) is 15.3 Å². The van der Waals surface area contributed by atoms with Gasteiger partial charge in [0.15, 0.2) is 0 Å². The average Bonchev–Trinajstić information content (AvgIpc) is 2.40. The molecule has 0 atom stereocenters. The number of aromatic nitrogens is 2. The predicted molar refractivity (Wildman–Crippen MR) is 72.6 cm³/mol. The molecule has 0 bridgehead atoms. The zero-order chi connectivity index (χ0) is 13.7. The molecule has 2 aromatic rings. The molecule has 0 amide bonds. The first-order chi connectivity index (χ1) is 9.21. The van der Waals surface area contributed by atoms with E-state index in [0.29, 0.717) is 17.6 Å². The Bertz CT molecular complexity index is 541. The number of nitrogens with one attached hydrogen (secondary N) is 1. The van der Waals surface area contributed by atoms with Gasteiger partial charge in [-0.3, -0.25) is 0 Å². The van der Waals surface area contributed by atoms with Crippen LogP contribution in [0.2, 0.25) is 0 Å². The maximum atomic E-state index is 5.61. The van der Waals surface area contributed by atoms with E-state index >= 15 is 0 Å². The monoisotopic (exact) mass is 259 g/mol. The molecule has 0 spiro atoms. The maximum absolute atomic E-state index is 5.61. The highest BCUT2D eigenvalue weighted by atomic mass is 16.5. The summed E-state index contributed by atoms with van der Waals surface area (Å²) < 4.78 is 10.7. The smallest absolute Gasteiger partial charge is 0.325 e. The highest BCUT2D eigenvalue weighted by Gasteiger charge is 2.05. The third kappa shape index (κ3) is 3.66. The molecule has 0 saturated carbocycles. The number of benzene rings is 1. The van der Waals surface area contributed by atoms with Crippen LogP contribution in [0.5, 0.6) is 17.6 Å². The van der Waals surface area contributed by atoms with E-state index in [1.54, 1.807) is 13.2 Å². The Kier molecular flexibility index (Phi) is 4.30. The second-order valence-corrected chi connectivity index (χ2v) is 4.11. The summed E-state index contributed by atoms with van der Waals surface area (Å²) in [6.45, 7) is 2.70. The first kappa shape index (κ1) is 13.3. The minimum Gasteiger partial charge on any atom is -0.481 e. The van der Waals surface area contributed by atoms with Gasteiger partial charge in [0.2, 0.25) is 5.88 Å². The van der Waals surface area contributed by atoms with Crippen molar-refractivity contribution in [3.8, 4) is 17.6 Å². The first-order valence-electron chi connectivity index (χ1n) is 6.02. The summed E-state index contributed by atoms with van der Waals surface area (Å²) in [4.78, 5) is 8.35. The summed E-state index contributed by atoms with van der Waals surface area (Å²) in [5, 5.41) is 3.09. The quantitative estimate of drug-likeness (QED) is 0.893. The van der Waals surface area contributed by atoms with Gasteiger partial charge < -0.3 is 14.8 Å². The molecule has 0 radical (unpaired) electrons. The summed E-state index contributed by atoms with van der Waals surface area (Å²) in [6, 6.07) is 9.83. The minimum absolute atomic E-state index is 0.290. The van der Waals surface area contributed by atoms with Crippen LogP contribution in [-0.2, 0) is 6.54 Å². The van der Waals surface area contributed by atoms with Crippen molar-refractivity contribution >= 4 is 0 Å². The third-order valence-electron chi connectivity index (χ3n) is 2.53. The van der Waals surface area contributed by atoms with Crippen molar-refractivity contribution in [3.63, 3.8) is 0 Å². The summed E-state index contributed by atoms with van der Waals surface area (Å²) >= 11 is 0. The standard InChI is InChI=1S/C14H17N3O2/c1-10-8-13(18-3)17-14(16-10)19-12-6-4-11(5-7-12)9-15-2/h4-8,15H,9H2,1-3H3. The second-order valence-electron chi connectivity index (χ2n) is 4.11. The topological polar surface area (TPSA) is 56.3 Å². The van der Waals surface area contributed by atoms with E-state index in [-0.39, 0.29) is 0 Å². The summed E-state index contributed by atoms with van der Waals surface area (Å²) in [7, 11) is 3.48. The van der Waals surface area contributed by atoms with E-state index < -0.39 is 0 Å². The highest BCUT2D eigenvalue weighted by Crippen LogP contribution is 2.20. The lowest BCUT2D eigenvalue weighted by atomic mass is 10.2. The lowest BCUT2D eigenvalue weighted by Gasteiger charge is -2.07. The van der Waals surface area contributed by atoms with E-state index in [1.807, 2.05) is 38.2 Å². The molecule has 0 aliphatic rings. The van der Waals surface area contributed by atoms with Gasteiger partial charge in [-0.15, -0.1) is 0 Å². The number of hydrogen-bond donors (Lipinski definition) is 1. The van der Waals surface area contributed by atoms with Gasteiger partial charge in [0.25, 0.3) is 0 Å². The first-order valence-corrected chi connectivity index (χ1v) is 6.02. The van der Waals surface area contributed by atoms with Crippen molar-refractivity contribution < 1.29 is 9.47 Å². The van der Waals surface area contributed by atoms with Crippen LogP contribution in [0.4, 0.5) is 0 Å². The lowest BCUT2D eigenvalue weighted by Crippen LogP contribution is -2.04. The Morgan fingerprint density at radius 1 is 1.16 bits per heavy atom. The van der Waals surface area contributed by atoms with Gasteiger partial charge in [-0.2, -0.15) is 9.97 Å². The Hall–Kier alpha value is -2.14. The Morgan fingerprint density at radius 2 is 1.89 bits per heavy atom. The molecule has 0 fully saturated rings. The molecule has 1 aromatic heterocycles.